The average molecular weight is 581 g/mol. The number of benzene rings is 6. The van der Waals surface area contributed by atoms with E-state index in [2.05, 4.69) is 39.9 Å². The van der Waals surface area contributed by atoms with E-state index in [0.29, 0.717) is 22.4 Å². The van der Waals surface area contributed by atoms with Crippen LogP contribution in [0, 0.1) is 0 Å². The maximum absolute atomic E-state index is 13.5. The minimum absolute atomic E-state index is 0.174. The largest absolute Gasteiger partial charge is 0.455 e. The van der Waals surface area contributed by atoms with Gasteiger partial charge in [-0.1, -0.05) is 54.6 Å². The van der Waals surface area contributed by atoms with Gasteiger partial charge in [-0.05, 0) is 59.3 Å². The summed E-state index contributed by atoms with van der Waals surface area (Å²) in [4.78, 5) is 14.4. The van der Waals surface area contributed by atoms with Crippen molar-refractivity contribution in [3.8, 4) is 17.1 Å². The summed E-state index contributed by atoms with van der Waals surface area (Å²) in [6.07, 6.45) is -1.06. The number of hydrogen-bond acceptors (Lipinski definition) is 4. The summed E-state index contributed by atoms with van der Waals surface area (Å²) in [5, 5.41) is 5.46. The first-order chi connectivity index (χ1) is 21.5. The fraction of sp³-hybridized carbons (Fsp3) is 0.0278. The van der Waals surface area contributed by atoms with Gasteiger partial charge in [0, 0.05) is 39.6 Å². The fourth-order valence-corrected chi connectivity index (χ4v) is 6.38. The summed E-state index contributed by atoms with van der Waals surface area (Å²) >= 11 is 0. The number of fused-ring (bicyclic) bond motifs is 10. The van der Waals surface area contributed by atoms with Gasteiger partial charge < -0.3 is 4.42 Å². The maximum atomic E-state index is 13.5. The molecule has 0 spiro atoms. The second-order valence-electron chi connectivity index (χ2n) is 10.8. The first-order valence-corrected chi connectivity index (χ1v) is 14.0. The maximum Gasteiger partial charge on any atom is 0.416 e. The molecular formula is C36H19F3N4O. The zero-order valence-electron chi connectivity index (χ0n) is 22.8. The second-order valence-corrected chi connectivity index (χ2v) is 10.8. The molecule has 0 saturated heterocycles. The number of furan rings is 1. The Morgan fingerprint density at radius 2 is 1.32 bits per heavy atom. The van der Waals surface area contributed by atoms with Gasteiger partial charge in [-0.2, -0.15) is 13.2 Å². The minimum Gasteiger partial charge on any atom is -0.455 e. The number of aromatic nitrogens is 4. The number of para-hydroxylation sites is 3. The Kier molecular flexibility index (Phi) is 5.00. The molecule has 0 fully saturated rings. The van der Waals surface area contributed by atoms with E-state index >= 15 is 0 Å². The quantitative estimate of drug-likeness (QED) is 0.191. The summed E-state index contributed by atoms with van der Waals surface area (Å²) in [7, 11) is 0. The van der Waals surface area contributed by atoms with Gasteiger partial charge in [-0.15, -0.1) is 0 Å². The number of nitrogens with zero attached hydrogens (tertiary/aromatic N) is 4. The molecular weight excluding hydrogens is 561 g/mol. The Balaban J connectivity index is 1.35. The van der Waals surface area contributed by atoms with Crippen LogP contribution in [0.2, 0.25) is 0 Å². The molecule has 0 bridgehead atoms. The van der Waals surface area contributed by atoms with E-state index in [9.17, 15) is 13.2 Å². The fourth-order valence-electron chi connectivity index (χ4n) is 6.38. The van der Waals surface area contributed by atoms with Crippen LogP contribution < -0.4 is 0 Å². The van der Waals surface area contributed by atoms with Crippen molar-refractivity contribution in [1.29, 1.82) is 0 Å². The van der Waals surface area contributed by atoms with Gasteiger partial charge in [0.15, 0.2) is 0 Å². The molecule has 44 heavy (non-hydrogen) atoms. The first kappa shape index (κ1) is 24.8. The van der Waals surface area contributed by atoms with Gasteiger partial charge in [0.25, 0.3) is 0 Å². The Bertz CT molecular complexity index is 2580. The molecule has 0 unspecified atom stereocenters. The molecule has 6 aromatic carbocycles. The summed E-state index contributed by atoms with van der Waals surface area (Å²) < 4.78 is 48.7. The van der Waals surface area contributed by atoms with Crippen molar-refractivity contribution < 1.29 is 17.6 Å². The van der Waals surface area contributed by atoms with Gasteiger partial charge >= 0.3 is 6.18 Å². The van der Waals surface area contributed by atoms with Crippen LogP contribution in [0.25, 0.3) is 82.6 Å². The van der Waals surface area contributed by atoms with E-state index in [1.54, 1.807) is 12.4 Å². The molecule has 8 heteroatoms. The zero-order valence-corrected chi connectivity index (χ0v) is 22.8. The molecule has 0 aliphatic rings. The molecule has 5 nitrogen and oxygen atoms in total. The molecule has 0 saturated carbocycles. The smallest absolute Gasteiger partial charge is 0.416 e. The molecule has 210 valence electrons. The van der Waals surface area contributed by atoms with Crippen LogP contribution in [0.4, 0.5) is 13.2 Å². The van der Waals surface area contributed by atoms with Gasteiger partial charge in [-0.3, -0.25) is 14.5 Å². The summed E-state index contributed by atoms with van der Waals surface area (Å²) in [6.45, 7) is 0. The molecule has 9 aromatic rings. The normalized spacial score (nSPS) is 12.4. The molecule has 3 heterocycles. The topological polar surface area (TPSA) is 56.7 Å². The Morgan fingerprint density at radius 3 is 2.16 bits per heavy atom. The van der Waals surface area contributed by atoms with Crippen LogP contribution in [0.5, 0.6) is 0 Å². The predicted octanol–water partition coefficient (Wildman–Crippen LogP) is 9.86. The molecule has 0 aliphatic heterocycles. The van der Waals surface area contributed by atoms with Crippen molar-refractivity contribution >= 4 is 65.6 Å². The SMILES string of the molecule is FC(F)(F)c1ccc2c(c1)oc1c(-c3nc4ccccc4n3-c3ccc4c5ccccc5c5nccnc5c4c3)cccc12. The lowest BCUT2D eigenvalue weighted by Gasteiger charge is -2.13. The van der Waals surface area contributed by atoms with E-state index in [1.165, 1.54) is 6.07 Å². The van der Waals surface area contributed by atoms with Crippen molar-refractivity contribution in [3.63, 3.8) is 0 Å². The average Bonchev–Trinajstić information content (AvgIpc) is 3.63. The van der Waals surface area contributed by atoms with E-state index in [1.807, 2.05) is 54.6 Å². The minimum atomic E-state index is -4.47. The molecule has 0 radical (unpaired) electrons. The highest BCUT2D eigenvalue weighted by Crippen LogP contribution is 2.41. The monoisotopic (exact) mass is 580 g/mol. The Morgan fingerprint density at radius 1 is 0.614 bits per heavy atom. The standard InChI is InChI=1S/C36H19F3N4O/c37-36(38,39)20-12-14-24-26-8-5-9-27(34(26)44-31(24)18-20)35-42-29-10-3-4-11-30(29)43(35)21-13-15-23-22-6-1-2-7-25(22)32-33(28(23)19-21)41-17-16-40-32/h1-19H. The summed E-state index contributed by atoms with van der Waals surface area (Å²) in [6, 6.07) is 31.5. The summed E-state index contributed by atoms with van der Waals surface area (Å²) in [5.41, 5.74) is 4.71. The van der Waals surface area contributed by atoms with Crippen molar-refractivity contribution in [2.24, 2.45) is 0 Å². The van der Waals surface area contributed by atoms with E-state index in [0.717, 1.165) is 66.8 Å². The van der Waals surface area contributed by atoms with Crippen LogP contribution in [-0.4, -0.2) is 19.5 Å². The number of hydrogen-bond donors (Lipinski definition) is 0. The first-order valence-electron chi connectivity index (χ1n) is 14.0. The van der Waals surface area contributed by atoms with Crippen LogP contribution in [0.1, 0.15) is 5.56 Å². The van der Waals surface area contributed by atoms with E-state index < -0.39 is 11.7 Å². The molecule has 0 N–H and O–H groups in total. The van der Waals surface area contributed by atoms with Crippen molar-refractivity contribution in [3.05, 3.63) is 121 Å². The molecule has 0 atom stereocenters. The Labute approximate surface area is 246 Å². The van der Waals surface area contributed by atoms with Crippen molar-refractivity contribution in [2.75, 3.05) is 0 Å². The van der Waals surface area contributed by atoms with Crippen molar-refractivity contribution in [2.45, 2.75) is 6.18 Å². The van der Waals surface area contributed by atoms with Crippen molar-refractivity contribution in [1.82, 2.24) is 19.5 Å². The van der Waals surface area contributed by atoms with Crippen LogP contribution in [0.3, 0.4) is 0 Å². The Hall–Kier alpha value is -5.76. The number of rotatable bonds is 2. The zero-order chi connectivity index (χ0) is 29.6. The van der Waals surface area contributed by atoms with E-state index in [4.69, 9.17) is 14.4 Å². The molecule has 3 aromatic heterocycles. The van der Waals surface area contributed by atoms with Crippen LogP contribution in [-0.2, 0) is 6.18 Å². The molecule has 0 amide bonds. The van der Waals surface area contributed by atoms with Gasteiger partial charge in [0.1, 0.15) is 17.0 Å². The van der Waals surface area contributed by atoms with E-state index in [-0.39, 0.29) is 5.58 Å². The second kappa shape index (κ2) is 8.87. The van der Waals surface area contributed by atoms with Gasteiger partial charge in [0.2, 0.25) is 0 Å². The number of imidazole rings is 1. The highest BCUT2D eigenvalue weighted by Gasteiger charge is 2.31. The van der Waals surface area contributed by atoms with Crippen LogP contribution in [0.15, 0.2) is 120 Å². The lowest BCUT2D eigenvalue weighted by atomic mass is 9.99. The molecule has 9 rings (SSSR count). The highest BCUT2D eigenvalue weighted by molar-refractivity contribution is 6.23. The lowest BCUT2D eigenvalue weighted by Crippen LogP contribution is -2.03. The molecule has 0 aliphatic carbocycles. The highest BCUT2D eigenvalue weighted by atomic mass is 19.4. The number of halogens is 3. The lowest BCUT2D eigenvalue weighted by molar-refractivity contribution is -0.137. The summed E-state index contributed by atoms with van der Waals surface area (Å²) in [5.74, 6) is 0.613. The third kappa shape index (κ3) is 3.51. The van der Waals surface area contributed by atoms with Gasteiger partial charge in [-0.25, -0.2) is 4.98 Å². The third-order valence-corrected chi connectivity index (χ3v) is 8.31. The predicted molar refractivity (Wildman–Crippen MR) is 167 cm³/mol. The van der Waals surface area contributed by atoms with Gasteiger partial charge in [0.05, 0.1) is 33.2 Å². The third-order valence-electron chi connectivity index (χ3n) is 8.31. The number of alkyl halides is 3. The van der Waals surface area contributed by atoms with Crippen LogP contribution >= 0.6 is 0 Å².